The van der Waals surface area contributed by atoms with Crippen LogP contribution in [0.3, 0.4) is 0 Å². The number of nitrogens with zero attached hydrogens (tertiary/aromatic N) is 1. The van der Waals surface area contributed by atoms with E-state index in [-0.39, 0.29) is 5.91 Å². The molecule has 6 N–H and O–H groups in total. The second-order valence-electron chi connectivity index (χ2n) is 4.77. The molecule has 0 saturated carbocycles. The average Bonchev–Trinajstić information content (AvgIpc) is 3.12. The summed E-state index contributed by atoms with van der Waals surface area (Å²) in [6, 6.07) is 3.47. The molecule has 2 rings (SSSR count). The van der Waals surface area contributed by atoms with Crippen molar-refractivity contribution in [2.24, 2.45) is 0 Å². The highest BCUT2D eigenvalue weighted by Crippen LogP contribution is 2.24. The molecule has 0 aliphatic carbocycles. The van der Waals surface area contributed by atoms with Gasteiger partial charge in [0.05, 0.1) is 10.7 Å². The van der Waals surface area contributed by atoms with Gasteiger partial charge in [0.2, 0.25) is 5.91 Å². The summed E-state index contributed by atoms with van der Waals surface area (Å²) in [6.45, 7) is 1.41. The lowest BCUT2D eigenvalue weighted by molar-refractivity contribution is -0.114. The van der Waals surface area contributed by atoms with E-state index in [9.17, 15) is 14.4 Å². The van der Waals surface area contributed by atoms with Gasteiger partial charge >= 0.3 is 12.2 Å². The van der Waals surface area contributed by atoms with Crippen LogP contribution in [0.5, 0.6) is 0 Å². The van der Waals surface area contributed by atoms with Crippen LogP contribution < -0.4 is 21.3 Å². The molecule has 12 heteroatoms. The molecule has 0 spiro atoms. The van der Waals surface area contributed by atoms with Gasteiger partial charge in [-0.1, -0.05) is 0 Å². The maximum Gasteiger partial charge on any atom is 0.407 e. The van der Waals surface area contributed by atoms with E-state index in [4.69, 9.17) is 10.2 Å². The Kier molecular flexibility index (Phi) is 6.52. The molecule has 3 amide bonds. The van der Waals surface area contributed by atoms with E-state index in [0.29, 0.717) is 15.8 Å². The van der Waals surface area contributed by atoms with Gasteiger partial charge in [-0.05, 0) is 24.3 Å². The third kappa shape index (κ3) is 6.41. The molecule has 0 aromatic carbocycles. The first-order chi connectivity index (χ1) is 12.3. The Morgan fingerprint density at radius 3 is 2.46 bits per heavy atom. The van der Waals surface area contributed by atoms with E-state index in [1.165, 1.54) is 29.6 Å². The molecule has 0 atom stereocenters. The number of carbonyl (C=O) groups is 3. The fraction of sp³-hybridized carbons (Fsp3) is 0.143. The first-order valence-electron chi connectivity index (χ1n) is 7.08. The van der Waals surface area contributed by atoms with Gasteiger partial charge < -0.3 is 20.8 Å². The second kappa shape index (κ2) is 8.82. The highest BCUT2D eigenvalue weighted by Gasteiger charge is 2.14. The van der Waals surface area contributed by atoms with Crippen molar-refractivity contribution in [3.05, 3.63) is 28.1 Å². The van der Waals surface area contributed by atoms with Crippen LogP contribution in [-0.4, -0.2) is 39.6 Å². The summed E-state index contributed by atoms with van der Waals surface area (Å²) in [5, 5.41) is 29.6. The summed E-state index contributed by atoms with van der Waals surface area (Å²) in [6.07, 6.45) is -0.357. The second-order valence-corrected chi connectivity index (χ2v) is 6.74. The zero-order valence-electron chi connectivity index (χ0n) is 13.3. The molecule has 0 unspecified atom stereocenters. The zero-order chi connectivity index (χ0) is 19.1. The van der Waals surface area contributed by atoms with Gasteiger partial charge in [0.15, 0.2) is 11.4 Å². The van der Waals surface area contributed by atoms with Crippen molar-refractivity contribution >= 4 is 63.1 Å². The Morgan fingerprint density at radius 2 is 1.85 bits per heavy atom. The van der Waals surface area contributed by atoms with Crippen molar-refractivity contribution in [3.63, 3.8) is 0 Å². The number of hydrogen-bond donors (Lipinski definition) is 6. The van der Waals surface area contributed by atoms with Crippen molar-refractivity contribution in [3.8, 4) is 0 Å². The number of hydrogen-bond acceptors (Lipinski definition) is 7. The molecule has 0 radical (unpaired) electrons. The normalized spacial score (nSPS) is 10.7. The van der Waals surface area contributed by atoms with Crippen LogP contribution in [0.25, 0.3) is 12.2 Å². The molecule has 26 heavy (non-hydrogen) atoms. The number of carbonyl (C=O) groups excluding carboxylic acids is 1. The zero-order valence-corrected chi connectivity index (χ0v) is 15.0. The van der Waals surface area contributed by atoms with Gasteiger partial charge in [-0.3, -0.25) is 15.4 Å². The number of carboxylic acid groups (broad SMARTS) is 2. The number of nitrogens with one attached hydrogen (secondary N) is 4. The van der Waals surface area contributed by atoms with Crippen LogP contribution >= 0.6 is 22.7 Å². The third-order valence-electron chi connectivity index (χ3n) is 2.67. The monoisotopic (exact) mass is 397 g/mol. The topological polar surface area (TPSA) is 153 Å². The van der Waals surface area contributed by atoms with E-state index in [1.807, 2.05) is 10.6 Å². The fourth-order valence-electron chi connectivity index (χ4n) is 1.76. The van der Waals surface area contributed by atoms with Gasteiger partial charge in [0, 0.05) is 17.2 Å². The first kappa shape index (κ1) is 19.2. The van der Waals surface area contributed by atoms with Crippen LogP contribution in [0.1, 0.15) is 17.5 Å². The van der Waals surface area contributed by atoms with E-state index >= 15 is 0 Å². The van der Waals surface area contributed by atoms with Crippen LogP contribution in [0, 0.1) is 0 Å². The van der Waals surface area contributed by atoms with Gasteiger partial charge in [-0.25, -0.2) is 14.6 Å². The Bertz CT molecular complexity index is 815. The highest BCUT2D eigenvalue weighted by atomic mass is 32.1. The predicted molar refractivity (Wildman–Crippen MR) is 99.4 cm³/mol. The van der Waals surface area contributed by atoms with Crippen molar-refractivity contribution < 1.29 is 24.6 Å². The molecule has 138 valence electrons. The standard InChI is InChI=1S/C14H15N5O5S2/c1-7(20)15-12-16-8(6-25-12)2-3-9-4-5-10(26-9)17-11(18-13(21)22)19-14(23)24/h2-6,11,17-19H,1H3,(H,21,22)(H,23,24)(H,15,16,20)/b3-2+. The first-order valence-corrected chi connectivity index (χ1v) is 8.78. The highest BCUT2D eigenvalue weighted by molar-refractivity contribution is 7.17. The molecule has 2 heterocycles. The SMILES string of the molecule is CC(=O)Nc1nc(/C=C/c2ccc(NC(NC(=O)O)NC(=O)O)s2)cs1. The van der Waals surface area contributed by atoms with Gasteiger partial charge in [-0.15, -0.1) is 22.7 Å². The number of rotatable bonds is 7. The number of anilines is 2. The van der Waals surface area contributed by atoms with Crippen LogP contribution in [0.4, 0.5) is 19.7 Å². The maximum absolute atomic E-state index is 11.0. The van der Waals surface area contributed by atoms with E-state index in [1.54, 1.807) is 29.7 Å². The van der Waals surface area contributed by atoms with Gasteiger partial charge in [0.25, 0.3) is 0 Å². The van der Waals surface area contributed by atoms with Gasteiger partial charge in [-0.2, -0.15) is 0 Å². The van der Waals surface area contributed by atoms with Crippen molar-refractivity contribution in [2.75, 3.05) is 10.6 Å². The van der Waals surface area contributed by atoms with Crippen molar-refractivity contribution in [2.45, 2.75) is 13.2 Å². The Hall–Kier alpha value is -3.12. The lowest BCUT2D eigenvalue weighted by Gasteiger charge is -2.17. The number of amides is 3. The minimum absolute atomic E-state index is 0.191. The van der Waals surface area contributed by atoms with Crippen LogP contribution in [-0.2, 0) is 4.79 Å². The summed E-state index contributed by atoms with van der Waals surface area (Å²) in [7, 11) is 0. The minimum Gasteiger partial charge on any atom is -0.465 e. The number of aromatic nitrogens is 1. The largest absolute Gasteiger partial charge is 0.465 e. The smallest absolute Gasteiger partial charge is 0.407 e. The molecule has 10 nitrogen and oxygen atoms in total. The fourth-order valence-corrected chi connectivity index (χ4v) is 3.32. The number of thiazole rings is 1. The Labute approximate surface area is 155 Å². The van der Waals surface area contributed by atoms with Crippen molar-refractivity contribution in [1.29, 1.82) is 0 Å². The van der Waals surface area contributed by atoms with Crippen LogP contribution in [0.15, 0.2) is 17.5 Å². The summed E-state index contributed by atoms with van der Waals surface area (Å²) in [4.78, 5) is 37.4. The summed E-state index contributed by atoms with van der Waals surface area (Å²) in [5.74, 6) is -0.191. The molecule has 0 aliphatic heterocycles. The van der Waals surface area contributed by atoms with Gasteiger partial charge in [0.1, 0.15) is 0 Å². The molecule has 0 saturated heterocycles. The summed E-state index contributed by atoms with van der Waals surface area (Å²) in [5.41, 5.74) is 0.680. The van der Waals surface area contributed by atoms with E-state index < -0.39 is 18.5 Å². The lowest BCUT2D eigenvalue weighted by atomic mass is 10.3. The van der Waals surface area contributed by atoms with E-state index in [0.717, 1.165) is 4.88 Å². The predicted octanol–water partition coefficient (Wildman–Crippen LogP) is 2.56. The Balaban J connectivity index is 1.99. The molecule has 2 aromatic rings. The third-order valence-corrected chi connectivity index (χ3v) is 4.43. The van der Waals surface area contributed by atoms with E-state index in [2.05, 4.69) is 15.6 Å². The van der Waals surface area contributed by atoms with Crippen molar-refractivity contribution in [1.82, 2.24) is 15.6 Å². The molecule has 2 aromatic heterocycles. The minimum atomic E-state index is -1.37. The maximum atomic E-state index is 11.0. The molecule has 0 fully saturated rings. The Morgan fingerprint density at radius 1 is 1.15 bits per heavy atom. The lowest BCUT2D eigenvalue weighted by Crippen LogP contribution is -2.51. The summed E-state index contributed by atoms with van der Waals surface area (Å²) >= 11 is 2.60. The molecule has 0 aliphatic rings. The average molecular weight is 397 g/mol. The molecular formula is C14H15N5O5S2. The number of thiophene rings is 1. The van der Waals surface area contributed by atoms with Crippen LogP contribution in [0.2, 0.25) is 0 Å². The molecule has 0 bridgehead atoms. The summed E-state index contributed by atoms with van der Waals surface area (Å²) < 4.78 is 0. The quantitative estimate of drug-likeness (QED) is 0.393. The molecular weight excluding hydrogens is 382 g/mol.